The van der Waals surface area contributed by atoms with Crippen molar-refractivity contribution in [3.8, 4) is 6.07 Å². The van der Waals surface area contributed by atoms with Crippen molar-refractivity contribution >= 4 is 0 Å². The van der Waals surface area contributed by atoms with Crippen LogP contribution in [-0.2, 0) is 4.74 Å². The van der Waals surface area contributed by atoms with E-state index in [1.54, 1.807) is 13.0 Å². The van der Waals surface area contributed by atoms with Crippen molar-refractivity contribution in [2.75, 3.05) is 6.61 Å². The molecule has 3 atom stereocenters. The van der Waals surface area contributed by atoms with Gasteiger partial charge >= 0.3 is 0 Å². The zero-order valence-electron chi connectivity index (χ0n) is 5.74. The fourth-order valence-electron chi connectivity index (χ4n) is 1.02. The number of hydrogen-bond acceptors (Lipinski definition) is 4. The molecule has 3 unspecified atom stereocenters. The van der Waals surface area contributed by atoms with Crippen LogP contribution in [0.2, 0.25) is 0 Å². The van der Waals surface area contributed by atoms with Gasteiger partial charge in [-0.3, -0.25) is 0 Å². The van der Waals surface area contributed by atoms with Crippen LogP contribution >= 0.6 is 0 Å². The van der Waals surface area contributed by atoms with Gasteiger partial charge in [0.1, 0.15) is 12.2 Å². The zero-order valence-corrected chi connectivity index (χ0v) is 5.74. The summed E-state index contributed by atoms with van der Waals surface area (Å²) >= 11 is 0. The molecule has 1 heterocycles. The van der Waals surface area contributed by atoms with E-state index in [4.69, 9.17) is 15.7 Å². The van der Waals surface area contributed by atoms with Gasteiger partial charge in [0.25, 0.3) is 0 Å². The topological polar surface area (TPSA) is 79.3 Å². The molecule has 0 aromatic carbocycles. The molecular weight excluding hydrogens is 132 g/mol. The summed E-state index contributed by atoms with van der Waals surface area (Å²) in [5.74, 6) is 0. The van der Waals surface area contributed by atoms with E-state index < -0.39 is 11.7 Å². The minimum Gasteiger partial charge on any atom is -0.371 e. The molecule has 0 bridgehead atoms. The summed E-state index contributed by atoms with van der Waals surface area (Å²) in [5.41, 5.74) is 4.07. The molecule has 0 aliphatic carbocycles. The van der Waals surface area contributed by atoms with Gasteiger partial charge in [0.05, 0.1) is 6.61 Å². The van der Waals surface area contributed by atoms with E-state index in [0.717, 1.165) is 0 Å². The van der Waals surface area contributed by atoms with Gasteiger partial charge in [0.15, 0.2) is 0 Å². The van der Waals surface area contributed by atoms with E-state index in [0.29, 0.717) is 0 Å². The third-order valence-electron chi connectivity index (χ3n) is 1.62. The van der Waals surface area contributed by atoms with E-state index >= 15 is 0 Å². The third-order valence-corrected chi connectivity index (χ3v) is 1.62. The minimum atomic E-state index is -1.34. The molecule has 1 rings (SSSR count). The second-order valence-corrected chi connectivity index (χ2v) is 2.63. The van der Waals surface area contributed by atoms with Gasteiger partial charge in [-0.05, 0) is 6.92 Å². The van der Waals surface area contributed by atoms with E-state index in [2.05, 4.69) is 0 Å². The molecule has 4 nitrogen and oxygen atoms in total. The van der Waals surface area contributed by atoms with Crippen molar-refractivity contribution in [2.24, 2.45) is 5.73 Å². The Balaban J connectivity index is 2.60. The summed E-state index contributed by atoms with van der Waals surface area (Å²) in [6.45, 7) is 1.78. The molecular formula is C6H10N2O2. The van der Waals surface area contributed by atoms with E-state index in [-0.39, 0.29) is 12.6 Å². The highest BCUT2D eigenvalue weighted by molar-refractivity contribution is 5.13. The third kappa shape index (κ3) is 0.886. The molecule has 0 aromatic rings. The first-order chi connectivity index (χ1) is 4.60. The van der Waals surface area contributed by atoms with Crippen molar-refractivity contribution in [1.82, 2.24) is 0 Å². The Kier molecular flexibility index (Phi) is 1.65. The van der Waals surface area contributed by atoms with Crippen LogP contribution in [0.15, 0.2) is 0 Å². The molecule has 4 heteroatoms. The van der Waals surface area contributed by atoms with E-state index in [1.165, 1.54) is 0 Å². The van der Waals surface area contributed by atoms with Crippen LogP contribution in [-0.4, -0.2) is 29.5 Å². The van der Waals surface area contributed by atoms with Crippen molar-refractivity contribution in [3.05, 3.63) is 0 Å². The number of hydrogen-bond donors (Lipinski definition) is 2. The molecule has 1 aliphatic rings. The Morgan fingerprint density at radius 2 is 2.60 bits per heavy atom. The fourth-order valence-corrected chi connectivity index (χ4v) is 1.02. The standard InChI is InChI=1S/C6H10N2O2/c1-4(8)5-6(9,2-7)3-10-5/h4-5,9H,3,8H2,1H3. The molecule has 0 amide bonds. The van der Waals surface area contributed by atoms with Gasteiger partial charge in [-0.25, -0.2) is 0 Å². The van der Waals surface area contributed by atoms with Gasteiger partial charge < -0.3 is 15.6 Å². The maximum Gasteiger partial charge on any atom is 0.202 e. The summed E-state index contributed by atoms with van der Waals surface area (Å²) in [7, 11) is 0. The highest BCUT2D eigenvalue weighted by Gasteiger charge is 2.49. The summed E-state index contributed by atoms with van der Waals surface area (Å²) in [6.07, 6.45) is -0.516. The number of aliphatic hydroxyl groups is 1. The summed E-state index contributed by atoms with van der Waals surface area (Å²) in [4.78, 5) is 0. The Morgan fingerprint density at radius 3 is 2.70 bits per heavy atom. The molecule has 1 fully saturated rings. The van der Waals surface area contributed by atoms with Crippen LogP contribution in [0.3, 0.4) is 0 Å². The molecule has 0 aromatic heterocycles. The quantitative estimate of drug-likeness (QED) is 0.459. The lowest BCUT2D eigenvalue weighted by Crippen LogP contribution is -2.63. The molecule has 1 saturated heterocycles. The van der Waals surface area contributed by atoms with E-state index in [1.807, 2.05) is 0 Å². The Bertz CT molecular complexity index is 175. The van der Waals surface area contributed by atoms with E-state index in [9.17, 15) is 5.11 Å². The Morgan fingerprint density at radius 1 is 2.00 bits per heavy atom. The number of nitrogens with zero attached hydrogens (tertiary/aromatic N) is 1. The first-order valence-electron chi connectivity index (χ1n) is 3.11. The normalized spacial score (nSPS) is 41.6. The largest absolute Gasteiger partial charge is 0.371 e. The predicted molar refractivity (Wildman–Crippen MR) is 34.0 cm³/mol. The SMILES string of the molecule is CC(N)C1OCC1(O)C#N. The van der Waals surface area contributed by atoms with Crippen molar-refractivity contribution in [2.45, 2.75) is 24.7 Å². The van der Waals surface area contributed by atoms with Crippen LogP contribution in [0.1, 0.15) is 6.92 Å². The zero-order chi connectivity index (χ0) is 7.78. The summed E-state index contributed by atoms with van der Waals surface area (Å²) < 4.78 is 4.90. The lowest BCUT2D eigenvalue weighted by atomic mass is 9.89. The second-order valence-electron chi connectivity index (χ2n) is 2.63. The van der Waals surface area contributed by atoms with Crippen molar-refractivity contribution < 1.29 is 9.84 Å². The Hall–Kier alpha value is -0.630. The molecule has 56 valence electrons. The highest BCUT2D eigenvalue weighted by Crippen LogP contribution is 2.26. The highest BCUT2D eigenvalue weighted by atomic mass is 16.6. The van der Waals surface area contributed by atoms with Crippen LogP contribution < -0.4 is 5.73 Å². The molecule has 0 spiro atoms. The molecule has 0 saturated carbocycles. The molecule has 3 N–H and O–H groups in total. The average molecular weight is 142 g/mol. The summed E-state index contributed by atoms with van der Waals surface area (Å²) in [5, 5.41) is 17.7. The van der Waals surface area contributed by atoms with Crippen LogP contribution in [0.4, 0.5) is 0 Å². The minimum absolute atomic E-state index is 0.0791. The number of nitrogens with two attached hydrogens (primary N) is 1. The monoisotopic (exact) mass is 142 g/mol. The lowest BCUT2D eigenvalue weighted by molar-refractivity contribution is -0.211. The van der Waals surface area contributed by atoms with Crippen LogP contribution in [0.25, 0.3) is 0 Å². The van der Waals surface area contributed by atoms with Gasteiger partial charge in [-0.15, -0.1) is 0 Å². The fraction of sp³-hybridized carbons (Fsp3) is 0.833. The maximum atomic E-state index is 9.28. The van der Waals surface area contributed by atoms with Gasteiger partial charge in [0, 0.05) is 6.04 Å². The van der Waals surface area contributed by atoms with Crippen LogP contribution in [0.5, 0.6) is 0 Å². The number of rotatable bonds is 1. The first kappa shape index (κ1) is 7.48. The van der Waals surface area contributed by atoms with Crippen LogP contribution in [0, 0.1) is 11.3 Å². The molecule has 10 heavy (non-hydrogen) atoms. The predicted octanol–water partition coefficient (Wildman–Crippen LogP) is -1.01. The van der Waals surface area contributed by atoms with Gasteiger partial charge in [-0.1, -0.05) is 0 Å². The molecule has 0 radical (unpaired) electrons. The van der Waals surface area contributed by atoms with Gasteiger partial charge in [-0.2, -0.15) is 5.26 Å². The first-order valence-corrected chi connectivity index (χ1v) is 3.11. The van der Waals surface area contributed by atoms with Crippen molar-refractivity contribution in [3.63, 3.8) is 0 Å². The second kappa shape index (κ2) is 2.20. The number of nitriles is 1. The van der Waals surface area contributed by atoms with Gasteiger partial charge in [0.2, 0.25) is 5.60 Å². The summed E-state index contributed by atoms with van der Waals surface area (Å²) in [6, 6.07) is 1.47. The number of ether oxygens (including phenoxy) is 1. The smallest absolute Gasteiger partial charge is 0.202 e. The maximum absolute atomic E-state index is 9.28. The van der Waals surface area contributed by atoms with Crippen molar-refractivity contribution in [1.29, 1.82) is 5.26 Å². The average Bonchev–Trinajstić information content (AvgIpc) is 1.83. The lowest BCUT2D eigenvalue weighted by Gasteiger charge is -2.41. The Labute approximate surface area is 59.2 Å². The molecule has 1 aliphatic heterocycles.